The maximum atomic E-state index is 8.98. The van der Waals surface area contributed by atoms with Crippen LogP contribution in [0.4, 0.5) is 4.79 Å². The Morgan fingerprint density at radius 3 is 1.40 bits per heavy atom. The summed E-state index contributed by atoms with van der Waals surface area (Å²) in [6.07, 6.45) is 0. The van der Waals surface area contributed by atoms with Crippen molar-refractivity contribution in [1.82, 2.24) is 0 Å². The number of hydrogen-bond acceptors (Lipinski definition) is 1. The fraction of sp³-hybridized carbons (Fsp3) is 0. The van der Waals surface area contributed by atoms with Crippen LogP contribution in [0.1, 0.15) is 0 Å². The molecular weight excluding hydrogens is 291 g/mol. The normalized spacial score (nSPS) is 5.20. The van der Waals surface area contributed by atoms with E-state index < -0.39 is 4.70 Å². The Balaban J connectivity index is 0. The third-order valence-electron chi connectivity index (χ3n) is 0. The molecule has 0 spiro atoms. The van der Waals surface area contributed by atoms with Gasteiger partial charge in [-0.1, -0.05) is 0 Å². The van der Waals surface area contributed by atoms with E-state index in [0.717, 1.165) is 0 Å². The van der Waals surface area contributed by atoms with Gasteiger partial charge >= 0.3 is 24.8 Å². The minimum atomic E-state index is -0.889. The molecule has 0 aliphatic heterocycles. The summed E-state index contributed by atoms with van der Waals surface area (Å²) in [7, 11) is 0. The Kier molecular flexibility index (Phi) is 9.13. The Labute approximate surface area is 53.0 Å². The van der Waals surface area contributed by atoms with E-state index in [1.807, 2.05) is 0 Å². The van der Waals surface area contributed by atoms with Crippen molar-refractivity contribution in [1.29, 1.82) is 0 Å². The molecule has 0 N–H and O–H groups in total. The molecule has 5 heavy (non-hydrogen) atoms. The zero-order chi connectivity index (χ0) is 3.58. The third kappa shape index (κ3) is 50.9. The number of halogens is 2. The van der Waals surface area contributed by atoms with E-state index in [4.69, 9.17) is 4.79 Å². The molecule has 0 aromatic heterocycles. The van der Waals surface area contributed by atoms with Gasteiger partial charge in [-0.25, -0.2) is 0 Å². The van der Waals surface area contributed by atoms with Crippen molar-refractivity contribution in [2.75, 3.05) is 0 Å². The fourth-order valence-electron chi connectivity index (χ4n) is 0. The van der Waals surface area contributed by atoms with Crippen LogP contribution in [0.3, 0.4) is 0 Å². The quantitative estimate of drug-likeness (QED) is 0.619. The summed E-state index contributed by atoms with van der Waals surface area (Å²) < 4.78 is -0.889. The van der Waals surface area contributed by atoms with Crippen LogP contribution >= 0.6 is 23.2 Å². The van der Waals surface area contributed by atoms with Crippen LogP contribution in [-0.4, -0.2) is 4.70 Å². The predicted octanol–water partition coefficient (Wildman–Crippen LogP) is 1.58. The van der Waals surface area contributed by atoms with Gasteiger partial charge in [0.15, 0.2) is 0 Å². The van der Waals surface area contributed by atoms with E-state index in [1.165, 1.54) is 0 Å². The van der Waals surface area contributed by atoms with Crippen molar-refractivity contribution in [3.8, 4) is 0 Å². The number of carbonyl (C=O) groups is 1. The van der Waals surface area contributed by atoms with Crippen LogP contribution in [0.25, 0.3) is 0 Å². The molecule has 0 radical (unpaired) electrons. The Morgan fingerprint density at radius 1 is 1.40 bits per heavy atom. The molecule has 0 amide bonds. The van der Waals surface area contributed by atoms with Gasteiger partial charge in [-0.2, -0.15) is 0 Å². The molecule has 1 nitrogen and oxygen atoms in total. The Hall–Kier alpha value is 0.899. The summed E-state index contributed by atoms with van der Waals surface area (Å²) in [5, 5.41) is 0. The molecule has 0 bridgehead atoms. The van der Waals surface area contributed by atoms with Crippen LogP contribution in [-0.2, 0) is 20.1 Å². The summed E-state index contributed by atoms with van der Waals surface area (Å²) in [5.41, 5.74) is 0. The average molecular weight is 291 g/mol. The first-order valence-corrected chi connectivity index (χ1v) is 1.34. The van der Waals surface area contributed by atoms with Crippen molar-refractivity contribution < 1.29 is 24.9 Å². The van der Waals surface area contributed by atoms with E-state index in [9.17, 15) is 0 Å². The molecule has 0 unspecified atom stereocenters. The molecule has 0 saturated heterocycles. The van der Waals surface area contributed by atoms with Gasteiger partial charge in [-0.05, 0) is 23.2 Å². The first-order valence-electron chi connectivity index (χ1n) is 0.582. The molecule has 0 aromatic rings. The minimum Gasteiger partial charge on any atom is -0.262 e. The SMILES string of the molecule is O=C(Cl)Cl.[Ir+]. The van der Waals surface area contributed by atoms with Gasteiger partial charge in [0.1, 0.15) is 0 Å². The second-order valence-corrected chi connectivity index (χ2v) is 1.11. The molecule has 0 aliphatic carbocycles. The van der Waals surface area contributed by atoms with E-state index in [1.54, 1.807) is 0 Å². The van der Waals surface area contributed by atoms with Gasteiger partial charge in [-0.3, -0.25) is 4.79 Å². The van der Waals surface area contributed by atoms with Crippen LogP contribution < -0.4 is 0 Å². The molecular formula is CCl2IrO+. The minimum absolute atomic E-state index is 0. The second kappa shape index (κ2) is 4.90. The third-order valence-corrected chi connectivity index (χ3v) is 0. The Bertz CT molecular complexity index is 32.6. The van der Waals surface area contributed by atoms with Crippen molar-refractivity contribution >= 4 is 27.9 Å². The predicted molar refractivity (Wildman–Crippen MR) is 17.1 cm³/mol. The standard InChI is InChI=1S/CCl2O.Ir/c2-1(3)4;/q;+1. The first kappa shape index (κ1) is 9.31. The first-order chi connectivity index (χ1) is 1.73. The summed E-state index contributed by atoms with van der Waals surface area (Å²) in [6, 6.07) is 0. The fourth-order valence-corrected chi connectivity index (χ4v) is 0. The summed E-state index contributed by atoms with van der Waals surface area (Å²) >= 11 is 8.80. The molecule has 0 saturated carbocycles. The molecule has 0 aromatic carbocycles. The maximum Gasteiger partial charge on any atom is 1.00 e. The Morgan fingerprint density at radius 2 is 1.40 bits per heavy atom. The number of hydrogen-bond donors (Lipinski definition) is 0. The molecule has 32 valence electrons. The number of carbonyl (C=O) groups excluding carboxylic acids is 1. The van der Waals surface area contributed by atoms with Crippen molar-refractivity contribution in [3.05, 3.63) is 0 Å². The number of rotatable bonds is 0. The van der Waals surface area contributed by atoms with E-state index >= 15 is 0 Å². The van der Waals surface area contributed by atoms with Gasteiger partial charge < -0.3 is 0 Å². The van der Waals surface area contributed by atoms with Crippen LogP contribution in [0.2, 0.25) is 0 Å². The summed E-state index contributed by atoms with van der Waals surface area (Å²) in [6.45, 7) is 0. The van der Waals surface area contributed by atoms with Crippen molar-refractivity contribution in [2.45, 2.75) is 0 Å². The van der Waals surface area contributed by atoms with Crippen LogP contribution in [0.15, 0.2) is 0 Å². The second-order valence-electron chi connectivity index (χ2n) is 0.226. The molecule has 4 heteroatoms. The van der Waals surface area contributed by atoms with Gasteiger partial charge in [0.05, 0.1) is 0 Å². The van der Waals surface area contributed by atoms with E-state index in [-0.39, 0.29) is 20.1 Å². The summed E-state index contributed by atoms with van der Waals surface area (Å²) in [4.78, 5) is 8.98. The molecule has 0 heterocycles. The maximum absolute atomic E-state index is 8.98. The van der Waals surface area contributed by atoms with E-state index in [0.29, 0.717) is 0 Å². The van der Waals surface area contributed by atoms with E-state index in [2.05, 4.69) is 23.2 Å². The average Bonchev–Trinajstić information content (AvgIpc) is 0.811. The van der Waals surface area contributed by atoms with Crippen molar-refractivity contribution in [2.24, 2.45) is 0 Å². The zero-order valence-electron chi connectivity index (χ0n) is 2.00. The molecule has 0 atom stereocenters. The van der Waals surface area contributed by atoms with Crippen molar-refractivity contribution in [3.63, 3.8) is 0 Å². The summed E-state index contributed by atoms with van der Waals surface area (Å²) in [5.74, 6) is 0. The van der Waals surface area contributed by atoms with Crippen LogP contribution in [0.5, 0.6) is 0 Å². The molecule has 0 aliphatic rings. The van der Waals surface area contributed by atoms with Gasteiger partial charge in [0.2, 0.25) is 0 Å². The molecule has 0 fully saturated rings. The largest absolute Gasteiger partial charge is 1.00 e. The molecule has 0 rings (SSSR count). The smallest absolute Gasteiger partial charge is 0.262 e. The van der Waals surface area contributed by atoms with Gasteiger partial charge in [0, 0.05) is 0 Å². The van der Waals surface area contributed by atoms with Gasteiger partial charge in [-0.15, -0.1) is 0 Å². The van der Waals surface area contributed by atoms with Crippen LogP contribution in [0, 0.1) is 0 Å². The zero-order valence-corrected chi connectivity index (χ0v) is 5.90. The topological polar surface area (TPSA) is 17.1 Å². The van der Waals surface area contributed by atoms with Gasteiger partial charge in [0.25, 0.3) is 0 Å². The monoisotopic (exact) mass is 291 g/mol.